The molecule has 0 radical (unpaired) electrons. The first-order chi connectivity index (χ1) is 22.8. The van der Waals surface area contributed by atoms with Crippen LogP contribution < -0.4 is 0 Å². The molecule has 0 N–H and O–H groups in total. The topological polar surface area (TPSA) is 69.6 Å². The SMILES string of the molecule is c1ccc(-c2cccc(-c3nc(-c4ccc5nc(-c6ccccc6)oc5c4)nc(-n4c5ccccc5c5ccccc54)n3)c2)cc1. The van der Waals surface area contributed by atoms with E-state index in [-0.39, 0.29) is 0 Å². The summed E-state index contributed by atoms with van der Waals surface area (Å²) in [6.07, 6.45) is 0. The van der Waals surface area contributed by atoms with Crippen LogP contribution in [0.2, 0.25) is 0 Å². The van der Waals surface area contributed by atoms with Crippen molar-refractivity contribution in [1.82, 2.24) is 24.5 Å². The van der Waals surface area contributed by atoms with Crippen LogP contribution in [-0.4, -0.2) is 24.5 Å². The molecular weight excluding hydrogens is 566 g/mol. The fourth-order valence-electron chi connectivity index (χ4n) is 6.10. The smallest absolute Gasteiger partial charge is 0.238 e. The van der Waals surface area contributed by atoms with E-state index in [0.717, 1.165) is 55.1 Å². The van der Waals surface area contributed by atoms with Crippen molar-refractivity contribution in [3.63, 3.8) is 0 Å². The van der Waals surface area contributed by atoms with E-state index in [1.54, 1.807) is 0 Å². The van der Waals surface area contributed by atoms with Crippen molar-refractivity contribution in [2.24, 2.45) is 0 Å². The summed E-state index contributed by atoms with van der Waals surface area (Å²) in [5.41, 5.74) is 8.37. The lowest BCUT2D eigenvalue weighted by Gasteiger charge is -2.11. The quantitative estimate of drug-likeness (QED) is 0.199. The van der Waals surface area contributed by atoms with Gasteiger partial charge >= 0.3 is 0 Å². The molecule has 6 nitrogen and oxygen atoms in total. The molecule has 3 heterocycles. The lowest BCUT2D eigenvalue weighted by Crippen LogP contribution is -2.06. The molecule has 0 aliphatic carbocycles. The molecule has 0 bridgehead atoms. The summed E-state index contributed by atoms with van der Waals surface area (Å²) in [4.78, 5) is 20.0. The Morgan fingerprint density at radius 2 is 0.978 bits per heavy atom. The van der Waals surface area contributed by atoms with Crippen molar-refractivity contribution < 1.29 is 4.42 Å². The maximum atomic E-state index is 6.23. The van der Waals surface area contributed by atoms with Crippen LogP contribution >= 0.6 is 0 Å². The first-order valence-corrected chi connectivity index (χ1v) is 15.2. The first-order valence-electron chi connectivity index (χ1n) is 15.2. The van der Waals surface area contributed by atoms with Gasteiger partial charge in [-0.1, -0.05) is 103 Å². The number of hydrogen-bond acceptors (Lipinski definition) is 5. The number of rotatable bonds is 5. The molecule has 0 unspecified atom stereocenters. The largest absolute Gasteiger partial charge is 0.436 e. The second kappa shape index (κ2) is 10.6. The van der Waals surface area contributed by atoms with E-state index in [0.29, 0.717) is 29.1 Å². The van der Waals surface area contributed by atoms with Gasteiger partial charge in [0.25, 0.3) is 0 Å². The van der Waals surface area contributed by atoms with Gasteiger partial charge < -0.3 is 4.42 Å². The van der Waals surface area contributed by atoms with Crippen LogP contribution in [0.1, 0.15) is 0 Å². The fourth-order valence-corrected chi connectivity index (χ4v) is 6.10. The zero-order valence-electron chi connectivity index (χ0n) is 24.6. The van der Waals surface area contributed by atoms with Gasteiger partial charge in [0.1, 0.15) is 5.52 Å². The Hall–Kier alpha value is -6.40. The number of fused-ring (bicyclic) bond motifs is 4. The second-order valence-corrected chi connectivity index (χ2v) is 11.2. The van der Waals surface area contributed by atoms with Crippen molar-refractivity contribution in [3.8, 4) is 51.3 Å². The molecule has 0 aliphatic rings. The Kier molecular flexibility index (Phi) is 6.03. The highest BCUT2D eigenvalue weighted by Crippen LogP contribution is 2.34. The first kappa shape index (κ1) is 26.0. The highest BCUT2D eigenvalue weighted by Gasteiger charge is 2.18. The molecular formula is C40H25N5O. The summed E-state index contributed by atoms with van der Waals surface area (Å²) in [5.74, 6) is 2.26. The van der Waals surface area contributed by atoms with E-state index in [1.807, 2.05) is 91.0 Å². The van der Waals surface area contributed by atoms with Gasteiger partial charge in [-0.2, -0.15) is 9.97 Å². The lowest BCUT2D eigenvalue weighted by atomic mass is 10.0. The molecule has 0 amide bonds. The third kappa shape index (κ3) is 4.43. The molecule has 0 aliphatic heterocycles. The summed E-state index contributed by atoms with van der Waals surface area (Å²) in [6, 6.07) is 51.2. The molecule has 9 rings (SSSR count). The van der Waals surface area contributed by atoms with Crippen LogP contribution in [0.15, 0.2) is 156 Å². The van der Waals surface area contributed by atoms with Crippen molar-refractivity contribution in [2.45, 2.75) is 0 Å². The Morgan fingerprint density at radius 1 is 0.413 bits per heavy atom. The minimum absolute atomic E-state index is 0.546. The van der Waals surface area contributed by atoms with Gasteiger partial charge in [-0.25, -0.2) is 9.97 Å². The number of hydrogen-bond donors (Lipinski definition) is 0. The van der Waals surface area contributed by atoms with E-state index in [1.165, 1.54) is 0 Å². The van der Waals surface area contributed by atoms with Crippen LogP contribution in [0.5, 0.6) is 0 Å². The van der Waals surface area contributed by atoms with Crippen molar-refractivity contribution in [2.75, 3.05) is 0 Å². The Bertz CT molecular complexity index is 2480. The number of benzene rings is 6. The van der Waals surface area contributed by atoms with Crippen LogP contribution in [0, 0.1) is 0 Å². The van der Waals surface area contributed by atoms with Crippen LogP contribution in [0.4, 0.5) is 0 Å². The van der Waals surface area contributed by atoms with Crippen molar-refractivity contribution in [1.29, 1.82) is 0 Å². The molecule has 0 saturated carbocycles. The normalized spacial score (nSPS) is 11.5. The predicted molar refractivity (Wildman–Crippen MR) is 183 cm³/mol. The third-order valence-electron chi connectivity index (χ3n) is 8.30. The molecule has 6 aromatic carbocycles. The number of para-hydroxylation sites is 2. The summed E-state index contributed by atoms with van der Waals surface area (Å²) >= 11 is 0. The molecule has 0 spiro atoms. The summed E-state index contributed by atoms with van der Waals surface area (Å²) in [5, 5.41) is 2.29. The van der Waals surface area contributed by atoms with Gasteiger partial charge in [0.2, 0.25) is 11.8 Å². The van der Waals surface area contributed by atoms with Gasteiger partial charge in [-0.05, 0) is 59.7 Å². The summed E-state index contributed by atoms with van der Waals surface area (Å²) in [6.45, 7) is 0. The molecule has 0 atom stereocenters. The zero-order valence-corrected chi connectivity index (χ0v) is 24.6. The standard InChI is InChI=1S/C40H25N5O/c1-3-12-26(13-4-1)28-16-11-17-29(24-28)37-42-38(30-22-23-33-36(25-30)46-39(41-33)27-14-5-2-6-15-27)44-40(43-37)45-34-20-9-7-18-31(34)32-19-8-10-21-35(32)45/h1-25H. The summed E-state index contributed by atoms with van der Waals surface area (Å²) < 4.78 is 8.35. The van der Waals surface area contributed by atoms with Gasteiger partial charge in [0.05, 0.1) is 11.0 Å². The van der Waals surface area contributed by atoms with Gasteiger partial charge in [0, 0.05) is 27.5 Å². The predicted octanol–water partition coefficient (Wildman–Crippen LogP) is 9.78. The van der Waals surface area contributed by atoms with Gasteiger partial charge in [-0.3, -0.25) is 4.57 Å². The second-order valence-electron chi connectivity index (χ2n) is 11.2. The number of aromatic nitrogens is 5. The van der Waals surface area contributed by atoms with Crippen molar-refractivity contribution >= 4 is 32.9 Å². The Balaban J connectivity index is 1.26. The third-order valence-corrected chi connectivity index (χ3v) is 8.30. The van der Waals surface area contributed by atoms with E-state index in [9.17, 15) is 0 Å². The zero-order chi connectivity index (χ0) is 30.5. The van der Waals surface area contributed by atoms with E-state index in [2.05, 4.69) is 65.2 Å². The lowest BCUT2D eigenvalue weighted by molar-refractivity contribution is 0.620. The molecule has 216 valence electrons. The van der Waals surface area contributed by atoms with Crippen LogP contribution in [0.25, 0.3) is 84.2 Å². The average molecular weight is 592 g/mol. The molecule has 0 fully saturated rings. The maximum absolute atomic E-state index is 6.23. The average Bonchev–Trinajstić information content (AvgIpc) is 3.71. The fraction of sp³-hybridized carbons (Fsp3) is 0. The summed E-state index contributed by atoms with van der Waals surface area (Å²) in [7, 11) is 0. The maximum Gasteiger partial charge on any atom is 0.238 e. The number of oxazole rings is 1. The molecule has 9 aromatic rings. The van der Waals surface area contributed by atoms with Gasteiger partial charge in [-0.15, -0.1) is 0 Å². The molecule has 3 aromatic heterocycles. The Labute approximate surface area is 264 Å². The Morgan fingerprint density at radius 3 is 1.67 bits per heavy atom. The minimum Gasteiger partial charge on any atom is -0.436 e. The van der Waals surface area contributed by atoms with Crippen molar-refractivity contribution in [3.05, 3.63) is 152 Å². The van der Waals surface area contributed by atoms with E-state index >= 15 is 0 Å². The minimum atomic E-state index is 0.546. The highest BCUT2D eigenvalue weighted by molar-refractivity contribution is 6.09. The van der Waals surface area contributed by atoms with E-state index in [4.69, 9.17) is 24.4 Å². The number of nitrogens with zero attached hydrogens (tertiary/aromatic N) is 5. The molecule has 46 heavy (non-hydrogen) atoms. The highest BCUT2D eigenvalue weighted by atomic mass is 16.3. The van der Waals surface area contributed by atoms with Crippen LogP contribution in [-0.2, 0) is 0 Å². The molecule has 6 heteroatoms. The van der Waals surface area contributed by atoms with E-state index < -0.39 is 0 Å². The monoisotopic (exact) mass is 591 g/mol. The van der Waals surface area contributed by atoms with Gasteiger partial charge in [0.15, 0.2) is 17.2 Å². The van der Waals surface area contributed by atoms with Crippen LogP contribution in [0.3, 0.4) is 0 Å². The molecule has 0 saturated heterocycles.